The number of nitrogens with two attached hydrogens (primary N) is 1. The Balaban J connectivity index is 0.000000160. The average Bonchev–Trinajstić information content (AvgIpc) is 1.95. The molecule has 0 spiro atoms. The maximum Gasteiger partial charge on any atom is 0.164 e. The van der Waals surface area contributed by atoms with Crippen molar-refractivity contribution in [3.8, 4) is 17.2 Å². The molecule has 2 aliphatic carbocycles. The van der Waals surface area contributed by atoms with E-state index in [2.05, 4.69) is 81.9 Å². The number of aromatic nitrogens is 8. The minimum Gasteiger partial charge on any atom is -0.497 e. The van der Waals surface area contributed by atoms with Gasteiger partial charge in [0.25, 0.3) is 0 Å². The van der Waals surface area contributed by atoms with Crippen LogP contribution in [0.2, 0.25) is 10.2 Å². The van der Waals surface area contributed by atoms with E-state index in [1.165, 1.54) is 18.7 Å². The van der Waals surface area contributed by atoms with Crippen LogP contribution in [-0.4, -0.2) is 102 Å². The predicted octanol–water partition coefficient (Wildman–Crippen LogP) is 12.4. The van der Waals surface area contributed by atoms with E-state index in [1.807, 2.05) is 111 Å². The van der Waals surface area contributed by atoms with Gasteiger partial charge in [0.15, 0.2) is 11.6 Å². The highest BCUT2D eigenvalue weighted by atomic mass is 35.5. The summed E-state index contributed by atoms with van der Waals surface area (Å²) in [4.78, 5) is 26.6. The Morgan fingerprint density at radius 2 is 1.20 bits per heavy atom. The monoisotopic (exact) mass is 1200 g/mol. The molecule has 2 saturated heterocycles. The average molecular weight is 1200 g/mol. The van der Waals surface area contributed by atoms with Crippen molar-refractivity contribution in [2.75, 3.05) is 49.1 Å². The van der Waals surface area contributed by atoms with Gasteiger partial charge < -0.3 is 64.0 Å². The van der Waals surface area contributed by atoms with Gasteiger partial charge in [-0.15, -0.1) is 0 Å². The number of nitrogens with one attached hydrogen (secondary N) is 3. The fraction of sp³-hybridized carbons (Fsp3) is 0.281. The van der Waals surface area contributed by atoms with Gasteiger partial charge in [-0.1, -0.05) is 65.7 Å². The SMILES string of the molecule is COc1ccc(CNc2ccc3ccc(NCC4=C[C@@H](n5ccc6c(Cl)ncnc65)[C@@H]5OC(C)(C)O[C@H]45)cc3n2)cc1.COc1ccc(CNc2nc3cc(OCC4=C[C@@H](n5ccc6c(N)ncnc65)[C@@H]5OC(C)(C)O[C@H]45)cc(F)c3cc2Cl)cc1. The Morgan fingerprint density at radius 1 is 0.593 bits per heavy atom. The van der Waals surface area contributed by atoms with E-state index in [0.717, 1.165) is 72.6 Å². The molecular formula is C64H61Cl2FN12O7. The lowest BCUT2D eigenvalue weighted by Crippen LogP contribution is -2.28. The summed E-state index contributed by atoms with van der Waals surface area (Å²) in [6.07, 6.45) is 10.1. The molecule has 2 fully saturated rings. The van der Waals surface area contributed by atoms with Gasteiger partial charge in [0.2, 0.25) is 0 Å². The number of fused-ring (bicyclic) bond motifs is 6. The summed E-state index contributed by atoms with van der Waals surface area (Å²) < 4.78 is 61.3. The molecule has 86 heavy (non-hydrogen) atoms. The van der Waals surface area contributed by atoms with Crippen molar-refractivity contribution >= 4 is 90.2 Å². The first-order chi connectivity index (χ1) is 41.6. The van der Waals surface area contributed by atoms with Crippen LogP contribution in [0.4, 0.5) is 27.5 Å². The minimum atomic E-state index is -0.794. The fourth-order valence-corrected chi connectivity index (χ4v) is 12.0. The first-order valence-corrected chi connectivity index (χ1v) is 28.8. The first-order valence-electron chi connectivity index (χ1n) is 28.0. The molecule has 0 bridgehead atoms. The number of ether oxygens (including phenoxy) is 7. The molecule has 8 heterocycles. The van der Waals surface area contributed by atoms with Crippen molar-refractivity contribution in [2.24, 2.45) is 0 Å². The number of hydrogen-bond donors (Lipinski definition) is 4. The lowest BCUT2D eigenvalue weighted by atomic mass is 10.1. The van der Waals surface area contributed by atoms with Gasteiger partial charge in [0.1, 0.15) is 101 Å². The van der Waals surface area contributed by atoms with Gasteiger partial charge in [-0.3, -0.25) is 0 Å². The molecule has 440 valence electrons. The minimum absolute atomic E-state index is 0.0883. The van der Waals surface area contributed by atoms with Crippen LogP contribution in [0, 0.1) is 5.82 Å². The molecule has 0 radical (unpaired) electrons. The Bertz CT molecular complexity index is 4260. The van der Waals surface area contributed by atoms with E-state index in [0.29, 0.717) is 63.7 Å². The van der Waals surface area contributed by atoms with Crippen LogP contribution in [0.5, 0.6) is 17.2 Å². The summed E-state index contributed by atoms with van der Waals surface area (Å²) in [6, 6.07) is 34.1. The van der Waals surface area contributed by atoms with E-state index in [1.54, 1.807) is 26.4 Å². The van der Waals surface area contributed by atoms with Crippen molar-refractivity contribution in [3.63, 3.8) is 0 Å². The van der Waals surface area contributed by atoms with E-state index in [9.17, 15) is 0 Å². The van der Waals surface area contributed by atoms with Gasteiger partial charge in [0, 0.05) is 60.6 Å². The number of rotatable bonds is 16. The maximum atomic E-state index is 15.2. The molecule has 4 aromatic carbocycles. The molecule has 2 aliphatic heterocycles. The van der Waals surface area contributed by atoms with Gasteiger partial charge >= 0.3 is 0 Å². The number of halogens is 3. The van der Waals surface area contributed by atoms with Gasteiger partial charge in [-0.05, 0) is 117 Å². The fourth-order valence-electron chi connectivity index (χ4n) is 11.6. The number of benzene rings is 4. The molecule has 6 aromatic heterocycles. The lowest BCUT2D eigenvalue weighted by Gasteiger charge is -2.22. The third-order valence-electron chi connectivity index (χ3n) is 15.7. The van der Waals surface area contributed by atoms with Crippen molar-refractivity contribution in [1.82, 2.24) is 39.0 Å². The summed E-state index contributed by atoms with van der Waals surface area (Å²) in [5.41, 5.74) is 14.0. The lowest BCUT2D eigenvalue weighted by molar-refractivity contribution is -0.148. The van der Waals surface area contributed by atoms with Crippen molar-refractivity contribution in [3.05, 3.63) is 185 Å². The van der Waals surface area contributed by atoms with Crippen LogP contribution in [0.1, 0.15) is 50.9 Å². The molecule has 0 unspecified atom stereocenters. The van der Waals surface area contributed by atoms with Crippen LogP contribution >= 0.6 is 23.2 Å². The predicted molar refractivity (Wildman–Crippen MR) is 329 cm³/mol. The first kappa shape index (κ1) is 56.5. The molecule has 22 heteroatoms. The second kappa shape index (κ2) is 23.0. The van der Waals surface area contributed by atoms with Crippen LogP contribution < -0.4 is 35.9 Å². The van der Waals surface area contributed by atoms with Crippen molar-refractivity contribution in [1.29, 1.82) is 0 Å². The second-order valence-corrected chi connectivity index (χ2v) is 23.1. The van der Waals surface area contributed by atoms with E-state index >= 15 is 4.39 Å². The summed E-state index contributed by atoms with van der Waals surface area (Å²) in [6.45, 7) is 9.58. The van der Waals surface area contributed by atoms with Crippen LogP contribution in [0.15, 0.2) is 158 Å². The number of methoxy groups -OCH3 is 2. The zero-order valence-electron chi connectivity index (χ0n) is 47.8. The third kappa shape index (κ3) is 11.4. The van der Waals surface area contributed by atoms with Crippen LogP contribution in [-0.2, 0) is 32.0 Å². The van der Waals surface area contributed by atoms with Crippen molar-refractivity contribution < 1.29 is 37.5 Å². The van der Waals surface area contributed by atoms with Gasteiger partial charge in [-0.25, -0.2) is 34.3 Å². The maximum absolute atomic E-state index is 15.2. The second-order valence-electron chi connectivity index (χ2n) is 22.3. The van der Waals surface area contributed by atoms with E-state index in [4.69, 9.17) is 67.1 Å². The normalized spacial score (nSPS) is 20.8. The summed E-state index contributed by atoms with van der Waals surface area (Å²) in [7, 11) is 3.29. The molecule has 19 nitrogen and oxygen atoms in total. The molecule has 0 amide bonds. The Hall–Kier alpha value is -8.63. The zero-order chi connectivity index (χ0) is 59.4. The highest BCUT2D eigenvalue weighted by Crippen LogP contribution is 2.46. The summed E-state index contributed by atoms with van der Waals surface area (Å²) in [5.74, 6) is 1.65. The van der Waals surface area contributed by atoms with Gasteiger partial charge in [0.05, 0.1) is 53.1 Å². The number of nitrogen functional groups attached to an aromatic ring is 1. The summed E-state index contributed by atoms with van der Waals surface area (Å²) in [5, 5.41) is 13.9. The Kier molecular flexibility index (Phi) is 15.1. The number of anilines is 4. The molecular weight excluding hydrogens is 1140 g/mol. The topological polar surface area (TPSA) is 214 Å². The molecule has 14 rings (SSSR count). The summed E-state index contributed by atoms with van der Waals surface area (Å²) >= 11 is 12.8. The quantitative estimate of drug-likeness (QED) is 0.0523. The zero-order valence-corrected chi connectivity index (χ0v) is 49.3. The largest absolute Gasteiger partial charge is 0.497 e. The Morgan fingerprint density at radius 3 is 1.87 bits per heavy atom. The standard InChI is InChI=1S/C32H30ClFN6O4.C32H31ClN6O3/c1-32(2)43-27-18(10-26(28(27)44-32)40-9-8-21-29(35)37-16-38-31(21)40)15-42-20-11-24(34)22-13-23(33)30(39-25(22)12-20)36-14-17-4-6-19(41-3)7-5-17;1-32(2)41-28-21(14-26(29(28)42-32)39-13-12-24-30(33)36-18-37-31(24)39)17-34-22-8-6-20-7-11-27(38-25(20)15-22)35-16-19-4-9-23(40-3)10-5-19/h4-13,16,26-28H,14-15H2,1-3H3,(H,36,39)(H2,35,37,38);4-15,18,26,28-29,34H,16-17H2,1-3H3,(H,35,38)/t26-,27-,28+;26-,28-,29+/m11/s1. The van der Waals surface area contributed by atoms with Gasteiger partial charge in [-0.2, -0.15) is 0 Å². The van der Waals surface area contributed by atoms with Crippen molar-refractivity contribution in [2.45, 2.75) is 88.9 Å². The highest BCUT2D eigenvalue weighted by molar-refractivity contribution is 6.34. The van der Waals surface area contributed by atoms with E-state index in [-0.39, 0.29) is 43.1 Å². The van der Waals surface area contributed by atoms with Crippen LogP contribution in [0.25, 0.3) is 43.9 Å². The highest BCUT2D eigenvalue weighted by Gasteiger charge is 2.52. The van der Waals surface area contributed by atoms with Crippen LogP contribution in [0.3, 0.4) is 0 Å². The molecule has 4 aliphatic rings. The van der Waals surface area contributed by atoms with E-state index < -0.39 is 17.4 Å². The number of nitrogens with zero attached hydrogens (tertiary/aromatic N) is 8. The smallest absolute Gasteiger partial charge is 0.164 e. The molecule has 5 N–H and O–H groups in total. The Labute approximate surface area is 504 Å². The third-order valence-corrected chi connectivity index (χ3v) is 16.3. The number of hydrogen-bond acceptors (Lipinski definition) is 17. The molecule has 10 aromatic rings. The molecule has 6 atom stereocenters. The number of pyridine rings is 2. The molecule has 0 saturated carbocycles.